The summed E-state index contributed by atoms with van der Waals surface area (Å²) in [5.74, 6) is -0.632. The quantitative estimate of drug-likeness (QED) is 0.150. The maximum atomic E-state index is 11.0. The minimum Gasteiger partial charge on any atom is -1.00 e. The molecule has 0 heterocycles. The van der Waals surface area contributed by atoms with Crippen molar-refractivity contribution in [2.75, 3.05) is 0 Å². The molecule has 0 atom stereocenters. The average Bonchev–Trinajstić information content (AvgIpc) is 2.50. The van der Waals surface area contributed by atoms with Gasteiger partial charge in [0.1, 0.15) is 0 Å². The van der Waals surface area contributed by atoms with Gasteiger partial charge >= 0.3 is 49.9 Å². The zero-order valence-electron chi connectivity index (χ0n) is 17.7. The summed E-state index contributed by atoms with van der Waals surface area (Å²) in [5, 5.41) is 8.27. The third-order valence-electron chi connectivity index (χ3n) is 4.19. The van der Waals surface area contributed by atoms with Crippen LogP contribution in [0.25, 0.3) is 0 Å². The van der Waals surface area contributed by atoms with Crippen LogP contribution < -0.4 is 0 Å². The SMILES string of the molecule is CCCCCCCCCCCCCCCCCC(=O)OC(=O)O.[Ca+2].[H-].[H-]. The van der Waals surface area contributed by atoms with Gasteiger partial charge in [0.05, 0.1) is 0 Å². The number of carbonyl (C=O) groups is 2. The van der Waals surface area contributed by atoms with Crippen molar-refractivity contribution >= 4 is 49.9 Å². The number of rotatable bonds is 16. The largest absolute Gasteiger partial charge is 2.00 e. The molecule has 0 amide bonds. The van der Waals surface area contributed by atoms with Crippen molar-refractivity contribution in [2.45, 2.75) is 110 Å². The Kier molecular flexibility index (Phi) is 23.4. The molecule has 0 aliphatic heterocycles. The molecule has 0 radical (unpaired) electrons. The molecule has 0 fully saturated rings. The van der Waals surface area contributed by atoms with Gasteiger partial charge in [-0.2, -0.15) is 0 Å². The predicted molar refractivity (Wildman–Crippen MR) is 102 cm³/mol. The van der Waals surface area contributed by atoms with Gasteiger partial charge in [0.2, 0.25) is 0 Å². The molecule has 5 heteroatoms. The Balaban J connectivity index is -0.000000807. The van der Waals surface area contributed by atoms with E-state index in [0.717, 1.165) is 19.3 Å². The first-order chi connectivity index (χ1) is 11.2. The zero-order chi connectivity index (χ0) is 17.2. The zero-order valence-corrected chi connectivity index (χ0v) is 17.9. The minimum absolute atomic E-state index is 0. The van der Waals surface area contributed by atoms with Crippen LogP contribution in [0.4, 0.5) is 4.79 Å². The fourth-order valence-electron chi connectivity index (χ4n) is 2.79. The molecule has 0 bridgehead atoms. The summed E-state index contributed by atoms with van der Waals surface area (Å²) in [5.41, 5.74) is 0. The first-order valence-electron chi connectivity index (χ1n) is 9.60. The smallest absolute Gasteiger partial charge is 1.00 e. The number of unbranched alkanes of at least 4 members (excludes halogenated alkanes) is 14. The molecule has 0 aliphatic rings. The van der Waals surface area contributed by atoms with E-state index in [1.807, 2.05) is 0 Å². The van der Waals surface area contributed by atoms with Crippen molar-refractivity contribution < 1.29 is 22.3 Å². The summed E-state index contributed by atoms with van der Waals surface area (Å²) in [4.78, 5) is 21.1. The van der Waals surface area contributed by atoms with Crippen LogP contribution in [-0.2, 0) is 9.53 Å². The first kappa shape index (κ1) is 26.4. The van der Waals surface area contributed by atoms with Crippen molar-refractivity contribution in [1.82, 2.24) is 0 Å². The molecule has 0 saturated heterocycles. The topological polar surface area (TPSA) is 63.6 Å². The van der Waals surface area contributed by atoms with Crippen molar-refractivity contribution in [2.24, 2.45) is 0 Å². The molecular formula is C19H38CaO4. The Morgan fingerprint density at radius 3 is 1.38 bits per heavy atom. The van der Waals surface area contributed by atoms with E-state index < -0.39 is 12.1 Å². The fourth-order valence-corrected chi connectivity index (χ4v) is 2.79. The summed E-state index contributed by atoms with van der Waals surface area (Å²) in [6.45, 7) is 2.26. The molecule has 0 aromatic heterocycles. The van der Waals surface area contributed by atoms with Gasteiger partial charge in [-0.1, -0.05) is 96.8 Å². The van der Waals surface area contributed by atoms with Crippen molar-refractivity contribution in [3.05, 3.63) is 0 Å². The number of ether oxygens (including phenoxy) is 1. The number of esters is 1. The summed E-state index contributed by atoms with van der Waals surface area (Å²) >= 11 is 0. The van der Waals surface area contributed by atoms with Crippen LogP contribution in [0.3, 0.4) is 0 Å². The van der Waals surface area contributed by atoms with E-state index in [4.69, 9.17) is 5.11 Å². The van der Waals surface area contributed by atoms with Crippen LogP contribution in [0, 0.1) is 0 Å². The Morgan fingerprint density at radius 2 is 1.04 bits per heavy atom. The molecule has 0 rings (SSSR count). The second kappa shape index (κ2) is 21.2. The number of hydrogen-bond donors (Lipinski definition) is 1. The second-order valence-electron chi connectivity index (χ2n) is 6.44. The van der Waals surface area contributed by atoms with Crippen LogP contribution in [-0.4, -0.2) is 55.0 Å². The third-order valence-corrected chi connectivity index (χ3v) is 4.19. The van der Waals surface area contributed by atoms with Crippen molar-refractivity contribution in [3.63, 3.8) is 0 Å². The number of carboxylic acid groups (broad SMARTS) is 1. The maximum Gasteiger partial charge on any atom is 2.00 e. The van der Waals surface area contributed by atoms with Crippen LogP contribution in [0.2, 0.25) is 0 Å². The molecule has 140 valence electrons. The predicted octanol–water partition coefficient (Wildman–Crippen LogP) is 6.31. The van der Waals surface area contributed by atoms with Gasteiger partial charge in [-0.05, 0) is 6.42 Å². The van der Waals surface area contributed by atoms with Crippen molar-refractivity contribution in [3.8, 4) is 0 Å². The summed E-state index contributed by atoms with van der Waals surface area (Å²) in [7, 11) is 0. The molecule has 0 aliphatic carbocycles. The van der Waals surface area contributed by atoms with Gasteiger partial charge in [-0.3, -0.25) is 4.79 Å². The Morgan fingerprint density at radius 1 is 0.708 bits per heavy atom. The van der Waals surface area contributed by atoms with E-state index in [0.29, 0.717) is 0 Å². The van der Waals surface area contributed by atoms with E-state index in [1.54, 1.807) is 0 Å². The van der Waals surface area contributed by atoms with Crippen LogP contribution in [0.1, 0.15) is 113 Å². The molecular weight excluding hydrogens is 332 g/mol. The Labute approximate surface area is 181 Å². The van der Waals surface area contributed by atoms with Gasteiger partial charge in [-0.25, -0.2) is 4.79 Å². The molecule has 4 nitrogen and oxygen atoms in total. The van der Waals surface area contributed by atoms with E-state index in [1.165, 1.54) is 77.0 Å². The summed E-state index contributed by atoms with van der Waals surface area (Å²) in [6.07, 6.45) is 17.8. The second-order valence-corrected chi connectivity index (χ2v) is 6.44. The summed E-state index contributed by atoms with van der Waals surface area (Å²) in [6, 6.07) is 0. The minimum atomic E-state index is -1.50. The summed E-state index contributed by atoms with van der Waals surface area (Å²) < 4.78 is 4.05. The standard InChI is InChI=1S/C19H36O4.Ca.2H/c1-2-3-4-5-6-7-8-9-10-11-12-13-14-15-16-17-18(20)23-19(21)22;;;/h2-17H2,1H3,(H,21,22);;;/q;+2;2*-1. The molecule has 0 saturated carbocycles. The monoisotopic (exact) mass is 370 g/mol. The average molecular weight is 371 g/mol. The fraction of sp³-hybridized carbons (Fsp3) is 0.895. The molecule has 0 unspecified atom stereocenters. The molecule has 0 spiro atoms. The van der Waals surface area contributed by atoms with E-state index in [9.17, 15) is 9.59 Å². The van der Waals surface area contributed by atoms with Gasteiger partial charge in [0.25, 0.3) is 0 Å². The van der Waals surface area contributed by atoms with Crippen LogP contribution in [0.15, 0.2) is 0 Å². The van der Waals surface area contributed by atoms with Crippen molar-refractivity contribution in [1.29, 1.82) is 0 Å². The molecule has 24 heavy (non-hydrogen) atoms. The first-order valence-corrected chi connectivity index (χ1v) is 9.60. The van der Waals surface area contributed by atoms with Crippen LogP contribution >= 0.6 is 0 Å². The molecule has 1 N–H and O–H groups in total. The number of carbonyl (C=O) groups excluding carboxylic acids is 1. The van der Waals surface area contributed by atoms with E-state index in [-0.39, 0.29) is 47.0 Å². The Bertz CT molecular complexity index is 305. The number of hydrogen-bond acceptors (Lipinski definition) is 3. The normalized spacial score (nSPS) is 10.2. The van der Waals surface area contributed by atoms with Gasteiger partial charge in [-0.15, -0.1) is 0 Å². The van der Waals surface area contributed by atoms with E-state index in [2.05, 4.69) is 11.7 Å². The van der Waals surface area contributed by atoms with Gasteiger partial charge in [0.15, 0.2) is 0 Å². The third kappa shape index (κ3) is 22.2. The molecule has 0 aromatic rings. The van der Waals surface area contributed by atoms with Gasteiger partial charge in [0, 0.05) is 6.42 Å². The maximum absolute atomic E-state index is 11.0. The van der Waals surface area contributed by atoms with Crippen LogP contribution in [0.5, 0.6) is 0 Å². The van der Waals surface area contributed by atoms with Gasteiger partial charge < -0.3 is 12.7 Å². The molecule has 0 aromatic carbocycles. The Hall–Kier alpha value is 0.200. The van der Waals surface area contributed by atoms with E-state index >= 15 is 0 Å².